The maximum Gasteiger partial charge on any atom is 0.276 e. The summed E-state index contributed by atoms with van der Waals surface area (Å²) in [7, 11) is 1.73. The van der Waals surface area contributed by atoms with E-state index < -0.39 is 0 Å². The predicted octanol–water partition coefficient (Wildman–Crippen LogP) is 1.21. The second-order valence-corrected chi connectivity index (χ2v) is 4.41. The molecule has 0 radical (unpaired) electrons. The molecule has 2 heterocycles. The highest BCUT2D eigenvalue weighted by Gasteiger charge is 2.27. The van der Waals surface area contributed by atoms with Gasteiger partial charge >= 0.3 is 0 Å². The van der Waals surface area contributed by atoms with Crippen LogP contribution in [0.5, 0.6) is 0 Å². The number of aromatic nitrogens is 2. The molecule has 0 aliphatic carbocycles. The van der Waals surface area contributed by atoms with E-state index in [2.05, 4.69) is 11.2 Å². The summed E-state index contributed by atoms with van der Waals surface area (Å²) in [6, 6.07) is 9.58. The molecule has 5 heteroatoms. The van der Waals surface area contributed by atoms with Crippen LogP contribution in [0.2, 0.25) is 0 Å². The van der Waals surface area contributed by atoms with Gasteiger partial charge in [-0.1, -0.05) is 18.2 Å². The number of fused-ring (bicyclic) bond motifs is 1. The van der Waals surface area contributed by atoms with Crippen molar-refractivity contribution < 1.29 is 4.79 Å². The Kier molecular flexibility index (Phi) is 2.33. The number of anilines is 2. The van der Waals surface area contributed by atoms with E-state index in [-0.39, 0.29) is 5.91 Å². The first-order valence-electron chi connectivity index (χ1n) is 5.86. The lowest BCUT2D eigenvalue weighted by molar-refractivity contribution is 0.0980. The summed E-state index contributed by atoms with van der Waals surface area (Å²) in [6.07, 6.45) is 0.898. The zero-order chi connectivity index (χ0) is 12.7. The molecule has 0 bridgehead atoms. The summed E-state index contributed by atoms with van der Waals surface area (Å²) in [5.74, 6) is 0.319. The number of nitrogen functional groups attached to an aromatic ring is 1. The van der Waals surface area contributed by atoms with Gasteiger partial charge in [0.15, 0.2) is 0 Å². The molecule has 0 spiro atoms. The SMILES string of the molecule is Cn1nc(N)cc1C(=O)N1CCc2ccccc21. The fourth-order valence-electron chi connectivity index (χ4n) is 2.38. The van der Waals surface area contributed by atoms with E-state index in [9.17, 15) is 4.79 Å². The number of para-hydroxylation sites is 1. The quantitative estimate of drug-likeness (QED) is 0.817. The van der Waals surface area contributed by atoms with Gasteiger partial charge in [-0.05, 0) is 18.1 Å². The van der Waals surface area contributed by atoms with E-state index in [1.165, 1.54) is 10.2 Å². The minimum absolute atomic E-state index is 0.0494. The van der Waals surface area contributed by atoms with Gasteiger partial charge in [-0.25, -0.2) is 0 Å². The number of amides is 1. The smallest absolute Gasteiger partial charge is 0.276 e. The zero-order valence-corrected chi connectivity index (χ0v) is 10.1. The maximum absolute atomic E-state index is 12.5. The van der Waals surface area contributed by atoms with Crippen LogP contribution in [0.4, 0.5) is 11.5 Å². The van der Waals surface area contributed by atoms with Crippen molar-refractivity contribution in [2.45, 2.75) is 6.42 Å². The average molecular weight is 242 g/mol. The number of nitrogens with zero attached hydrogens (tertiary/aromatic N) is 3. The summed E-state index contributed by atoms with van der Waals surface area (Å²) in [5.41, 5.74) is 8.32. The van der Waals surface area contributed by atoms with Crippen LogP contribution in [-0.2, 0) is 13.5 Å². The molecule has 1 aliphatic rings. The van der Waals surface area contributed by atoms with Gasteiger partial charge < -0.3 is 10.6 Å². The van der Waals surface area contributed by atoms with Gasteiger partial charge in [-0.3, -0.25) is 9.48 Å². The van der Waals surface area contributed by atoms with Crippen LogP contribution in [-0.4, -0.2) is 22.2 Å². The van der Waals surface area contributed by atoms with Crippen molar-refractivity contribution in [3.05, 3.63) is 41.6 Å². The fraction of sp³-hybridized carbons (Fsp3) is 0.231. The lowest BCUT2D eigenvalue weighted by Gasteiger charge is -2.16. The molecule has 2 aromatic rings. The Labute approximate surface area is 105 Å². The Morgan fingerprint density at radius 1 is 1.39 bits per heavy atom. The number of carbonyl (C=O) groups excluding carboxylic acids is 1. The molecular formula is C13H14N4O. The first-order valence-corrected chi connectivity index (χ1v) is 5.86. The molecule has 5 nitrogen and oxygen atoms in total. The molecule has 18 heavy (non-hydrogen) atoms. The lowest BCUT2D eigenvalue weighted by atomic mass is 10.2. The second kappa shape index (κ2) is 3.87. The normalized spacial score (nSPS) is 13.7. The summed E-state index contributed by atoms with van der Waals surface area (Å²) in [6.45, 7) is 0.712. The molecular weight excluding hydrogens is 228 g/mol. The summed E-state index contributed by atoms with van der Waals surface area (Å²) in [5, 5.41) is 4.01. The first kappa shape index (κ1) is 10.8. The van der Waals surface area contributed by atoms with Gasteiger partial charge in [-0.2, -0.15) is 5.10 Å². The molecule has 0 saturated heterocycles. The minimum Gasteiger partial charge on any atom is -0.382 e. The van der Waals surface area contributed by atoms with E-state index in [4.69, 9.17) is 5.73 Å². The zero-order valence-electron chi connectivity index (χ0n) is 10.1. The van der Waals surface area contributed by atoms with Crippen molar-refractivity contribution in [1.29, 1.82) is 0 Å². The Morgan fingerprint density at radius 2 is 2.17 bits per heavy atom. The lowest BCUT2D eigenvalue weighted by Crippen LogP contribution is -2.30. The van der Waals surface area contributed by atoms with E-state index in [0.29, 0.717) is 18.1 Å². The summed E-state index contributed by atoms with van der Waals surface area (Å²) < 4.78 is 1.53. The summed E-state index contributed by atoms with van der Waals surface area (Å²) in [4.78, 5) is 14.2. The Bertz CT molecular complexity index is 617. The molecule has 1 aromatic carbocycles. The van der Waals surface area contributed by atoms with Crippen molar-refractivity contribution in [3.8, 4) is 0 Å². The highest BCUT2D eigenvalue weighted by molar-refractivity contribution is 6.06. The van der Waals surface area contributed by atoms with E-state index in [0.717, 1.165) is 12.1 Å². The standard InChI is InChI=1S/C13H14N4O/c1-16-11(8-12(14)15-16)13(18)17-7-6-9-4-2-3-5-10(9)17/h2-5,8H,6-7H2,1H3,(H2,14,15). The van der Waals surface area contributed by atoms with Crippen LogP contribution in [0.1, 0.15) is 16.1 Å². The third-order valence-electron chi connectivity index (χ3n) is 3.25. The molecule has 1 amide bonds. The number of nitrogens with two attached hydrogens (primary N) is 1. The van der Waals surface area contributed by atoms with Crippen LogP contribution >= 0.6 is 0 Å². The third-order valence-corrected chi connectivity index (χ3v) is 3.25. The number of aryl methyl sites for hydroxylation is 1. The van der Waals surface area contributed by atoms with Crippen LogP contribution in [0.25, 0.3) is 0 Å². The molecule has 0 fully saturated rings. The predicted molar refractivity (Wildman–Crippen MR) is 69.4 cm³/mol. The molecule has 2 N–H and O–H groups in total. The molecule has 0 saturated carbocycles. The van der Waals surface area contributed by atoms with Crippen molar-refractivity contribution in [2.75, 3.05) is 17.2 Å². The van der Waals surface area contributed by atoms with Crippen LogP contribution in [0, 0.1) is 0 Å². The van der Waals surface area contributed by atoms with E-state index >= 15 is 0 Å². The second-order valence-electron chi connectivity index (χ2n) is 4.41. The molecule has 1 aliphatic heterocycles. The van der Waals surface area contributed by atoms with Crippen molar-refractivity contribution >= 4 is 17.4 Å². The van der Waals surface area contributed by atoms with Crippen LogP contribution < -0.4 is 10.6 Å². The Balaban J connectivity index is 1.98. The highest BCUT2D eigenvalue weighted by atomic mass is 16.2. The van der Waals surface area contributed by atoms with Gasteiger partial charge in [0.05, 0.1) is 0 Å². The van der Waals surface area contributed by atoms with Crippen molar-refractivity contribution in [2.24, 2.45) is 7.05 Å². The van der Waals surface area contributed by atoms with Crippen LogP contribution in [0.15, 0.2) is 30.3 Å². The number of benzene rings is 1. The van der Waals surface area contributed by atoms with Crippen molar-refractivity contribution in [1.82, 2.24) is 9.78 Å². The van der Waals surface area contributed by atoms with Crippen molar-refractivity contribution in [3.63, 3.8) is 0 Å². The maximum atomic E-state index is 12.5. The Hall–Kier alpha value is -2.30. The third kappa shape index (κ3) is 1.55. The van der Waals surface area contributed by atoms with E-state index in [1.54, 1.807) is 18.0 Å². The fourth-order valence-corrected chi connectivity index (χ4v) is 2.38. The number of hydrogen-bond acceptors (Lipinski definition) is 3. The molecule has 0 atom stereocenters. The van der Waals surface area contributed by atoms with Gasteiger partial charge in [0.25, 0.3) is 5.91 Å². The van der Waals surface area contributed by atoms with Gasteiger partial charge in [0, 0.05) is 25.3 Å². The number of carbonyl (C=O) groups is 1. The highest BCUT2D eigenvalue weighted by Crippen LogP contribution is 2.28. The van der Waals surface area contributed by atoms with Gasteiger partial charge in [0.1, 0.15) is 11.5 Å². The molecule has 92 valence electrons. The van der Waals surface area contributed by atoms with E-state index in [1.807, 2.05) is 18.2 Å². The average Bonchev–Trinajstić information content (AvgIpc) is 2.92. The molecule has 1 aromatic heterocycles. The topological polar surface area (TPSA) is 64.2 Å². The molecule has 0 unspecified atom stereocenters. The number of rotatable bonds is 1. The first-order chi connectivity index (χ1) is 8.66. The summed E-state index contributed by atoms with van der Waals surface area (Å²) >= 11 is 0. The van der Waals surface area contributed by atoms with Gasteiger partial charge in [0.2, 0.25) is 0 Å². The van der Waals surface area contributed by atoms with Crippen LogP contribution in [0.3, 0.4) is 0 Å². The number of hydrogen-bond donors (Lipinski definition) is 1. The molecule has 3 rings (SSSR count). The van der Waals surface area contributed by atoms with Gasteiger partial charge in [-0.15, -0.1) is 0 Å². The largest absolute Gasteiger partial charge is 0.382 e. The Morgan fingerprint density at radius 3 is 2.89 bits per heavy atom. The minimum atomic E-state index is -0.0494. The monoisotopic (exact) mass is 242 g/mol.